The first kappa shape index (κ1) is 18.9. The fourth-order valence-electron chi connectivity index (χ4n) is 3.93. The number of aromatic nitrogens is 1. The highest BCUT2D eigenvalue weighted by Crippen LogP contribution is 2.26. The molecule has 148 valence electrons. The van der Waals surface area contributed by atoms with E-state index in [1.165, 1.54) is 4.88 Å². The standard InChI is InChI=1S/C21H24N2O4S/c1-12(2)18(20(25)23-8-6-17-14(11-23)7-9-28-17)27-21(26)15-10-13-4-3-5-16(13)22-19(15)24/h7,9-10,12,18H,3-6,8,11H2,1-2H3,(H,22,24)/t18-/m0/s1. The SMILES string of the molecule is CC(C)[C@H](OC(=O)c1cc2c([nH]c1=O)CCC2)C(=O)N1CCc2sccc2C1. The molecular weight excluding hydrogens is 376 g/mol. The molecule has 2 aliphatic rings. The van der Waals surface area contributed by atoms with Gasteiger partial charge in [-0.1, -0.05) is 13.8 Å². The number of rotatable bonds is 4. The highest BCUT2D eigenvalue weighted by atomic mass is 32.1. The third-order valence-electron chi connectivity index (χ3n) is 5.51. The van der Waals surface area contributed by atoms with Crippen molar-refractivity contribution in [2.75, 3.05) is 6.54 Å². The molecule has 0 unspecified atom stereocenters. The number of carbonyl (C=O) groups excluding carboxylic acids is 2. The number of fused-ring (bicyclic) bond motifs is 2. The van der Waals surface area contributed by atoms with Crippen LogP contribution in [0.5, 0.6) is 0 Å². The summed E-state index contributed by atoms with van der Waals surface area (Å²) in [5.74, 6) is -1.11. The minimum atomic E-state index is -0.902. The molecule has 7 heteroatoms. The summed E-state index contributed by atoms with van der Waals surface area (Å²) in [4.78, 5) is 43.9. The van der Waals surface area contributed by atoms with E-state index >= 15 is 0 Å². The third kappa shape index (κ3) is 3.51. The molecule has 0 saturated heterocycles. The van der Waals surface area contributed by atoms with Gasteiger partial charge in [0.1, 0.15) is 5.56 Å². The van der Waals surface area contributed by atoms with Crippen molar-refractivity contribution in [1.82, 2.24) is 9.88 Å². The monoisotopic (exact) mass is 400 g/mol. The van der Waals surface area contributed by atoms with Crippen LogP contribution in [0, 0.1) is 5.92 Å². The number of carbonyl (C=O) groups is 2. The molecule has 0 saturated carbocycles. The van der Waals surface area contributed by atoms with Gasteiger partial charge in [0.25, 0.3) is 11.5 Å². The van der Waals surface area contributed by atoms with Crippen LogP contribution in [0.1, 0.15) is 52.3 Å². The van der Waals surface area contributed by atoms with E-state index in [-0.39, 0.29) is 17.4 Å². The number of nitrogens with one attached hydrogen (secondary N) is 1. The Hall–Kier alpha value is -2.41. The lowest BCUT2D eigenvalue weighted by Gasteiger charge is -2.31. The quantitative estimate of drug-likeness (QED) is 0.801. The maximum Gasteiger partial charge on any atom is 0.344 e. The van der Waals surface area contributed by atoms with Gasteiger partial charge in [0.2, 0.25) is 0 Å². The van der Waals surface area contributed by atoms with Crippen molar-refractivity contribution in [3.8, 4) is 0 Å². The predicted octanol–water partition coefficient (Wildman–Crippen LogP) is 2.69. The summed E-state index contributed by atoms with van der Waals surface area (Å²) in [6.45, 7) is 4.86. The first-order valence-corrected chi connectivity index (χ1v) is 10.6. The van der Waals surface area contributed by atoms with E-state index in [1.54, 1.807) is 22.3 Å². The van der Waals surface area contributed by atoms with E-state index in [9.17, 15) is 14.4 Å². The molecule has 28 heavy (non-hydrogen) atoms. The molecule has 1 aliphatic carbocycles. The zero-order valence-corrected chi connectivity index (χ0v) is 16.9. The Bertz CT molecular complexity index is 975. The Balaban J connectivity index is 1.52. The van der Waals surface area contributed by atoms with Crippen molar-refractivity contribution in [2.45, 2.75) is 52.2 Å². The molecule has 0 radical (unpaired) electrons. The number of aromatic amines is 1. The molecule has 3 heterocycles. The molecule has 0 spiro atoms. The fourth-order valence-corrected chi connectivity index (χ4v) is 4.82. The summed E-state index contributed by atoms with van der Waals surface area (Å²) in [5, 5.41) is 2.04. The largest absolute Gasteiger partial charge is 0.448 e. The number of aryl methyl sites for hydroxylation is 2. The van der Waals surface area contributed by atoms with Crippen molar-refractivity contribution in [3.63, 3.8) is 0 Å². The summed E-state index contributed by atoms with van der Waals surface area (Å²) < 4.78 is 5.58. The lowest BCUT2D eigenvalue weighted by molar-refractivity contribution is -0.144. The van der Waals surface area contributed by atoms with Crippen molar-refractivity contribution in [2.24, 2.45) is 5.92 Å². The smallest absolute Gasteiger partial charge is 0.344 e. The number of H-pyrrole nitrogens is 1. The van der Waals surface area contributed by atoms with E-state index in [1.807, 2.05) is 25.3 Å². The van der Waals surface area contributed by atoms with Gasteiger partial charge in [0, 0.05) is 23.7 Å². The number of thiophene rings is 1. The summed E-state index contributed by atoms with van der Waals surface area (Å²) >= 11 is 1.71. The molecular formula is C21H24N2O4S. The van der Waals surface area contributed by atoms with Crippen LogP contribution in [0.25, 0.3) is 0 Å². The average Bonchev–Trinajstić information content (AvgIpc) is 3.32. The number of nitrogens with zero attached hydrogens (tertiary/aromatic N) is 1. The fraction of sp³-hybridized carbons (Fsp3) is 0.476. The molecule has 6 nitrogen and oxygen atoms in total. The molecule has 1 aliphatic heterocycles. The van der Waals surface area contributed by atoms with Gasteiger partial charge in [-0.3, -0.25) is 9.59 Å². The summed E-state index contributed by atoms with van der Waals surface area (Å²) in [7, 11) is 0. The van der Waals surface area contributed by atoms with E-state index < -0.39 is 17.6 Å². The second-order valence-corrected chi connectivity index (χ2v) is 8.82. The number of pyridine rings is 1. The number of esters is 1. The maximum atomic E-state index is 13.1. The van der Waals surface area contributed by atoms with Crippen molar-refractivity contribution in [1.29, 1.82) is 0 Å². The van der Waals surface area contributed by atoms with Gasteiger partial charge in [-0.05, 0) is 60.2 Å². The number of ether oxygens (including phenoxy) is 1. The average molecular weight is 401 g/mol. The Labute approximate surface area is 167 Å². The minimum Gasteiger partial charge on any atom is -0.448 e. The van der Waals surface area contributed by atoms with Crippen LogP contribution in [0.3, 0.4) is 0 Å². The van der Waals surface area contributed by atoms with E-state index in [2.05, 4.69) is 4.98 Å². The lowest BCUT2D eigenvalue weighted by atomic mass is 10.0. The molecule has 1 amide bonds. The highest BCUT2D eigenvalue weighted by Gasteiger charge is 2.33. The number of hydrogen-bond donors (Lipinski definition) is 1. The van der Waals surface area contributed by atoms with Crippen LogP contribution in [-0.2, 0) is 35.3 Å². The highest BCUT2D eigenvalue weighted by molar-refractivity contribution is 7.10. The molecule has 0 fully saturated rings. The third-order valence-corrected chi connectivity index (χ3v) is 6.53. The zero-order valence-electron chi connectivity index (χ0n) is 16.1. The predicted molar refractivity (Wildman–Crippen MR) is 107 cm³/mol. The van der Waals surface area contributed by atoms with Crippen LogP contribution in [0.2, 0.25) is 0 Å². The van der Waals surface area contributed by atoms with E-state index in [0.29, 0.717) is 13.1 Å². The van der Waals surface area contributed by atoms with E-state index in [0.717, 1.165) is 42.5 Å². The molecule has 0 aromatic carbocycles. The van der Waals surface area contributed by atoms with Gasteiger partial charge in [-0.25, -0.2) is 4.79 Å². The summed E-state index contributed by atoms with van der Waals surface area (Å²) in [6.07, 6.45) is 2.56. The Kier molecular flexibility index (Phi) is 5.10. The molecule has 4 rings (SSSR count). The van der Waals surface area contributed by atoms with Crippen molar-refractivity contribution in [3.05, 3.63) is 55.1 Å². The second kappa shape index (κ2) is 7.54. The first-order chi connectivity index (χ1) is 13.4. The van der Waals surface area contributed by atoms with Crippen LogP contribution in [-0.4, -0.2) is 34.4 Å². The Morgan fingerprint density at radius 3 is 2.82 bits per heavy atom. The second-order valence-electron chi connectivity index (χ2n) is 7.82. The van der Waals surface area contributed by atoms with Crippen LogP contribution in [0.4, 0.5) is 0 Å². The van der Waals surface area contributed by atoms with Gasteiger partial charge in [0.05, 0.1) is 0 Å². The van der Waals surface area contributed by atoms with Gasteiger partial charge in [-0.15, -0.1) is 11.3 Å². The van der Waals surface area contributed by atoms with Gasteiger partial charge < -0.3 is 14.6 Å². The zero-order chi connectivity index (χ0) is 19.8. The van der Waals surface area contributed by atoms with Crippen LogP contribution in [0.15, 0.2) is 22.3 Å². The van der Waals surface area contributed by atoms with Crippen molar-refractivity contribution < 1.29 is 14.3 Å². The molecule has 2 aromatic heterocycles. The molecule has 0 bridgehead atoms. The van der Waals surface area contributed by atoms with Crippen LogP contribution >= 0.6 is 11.3 Å². The topological polar surface area (TPSA) is 79.5 Å². The van der Waals surface area contributed by atoms with Crippen LogP contribution < -0.4 is 5.56 Å². The molecule has 2 aromatic rings. The molecule has 1 N–H and O–H groups in total. The van der Waals surface area contributed by atoms with Gasteiger partial charge >= 0.3 is 5.97 Å². The first-order valence-electron chi connectivity index (χ1n) is 9.74. The van der Waals surface area contributed by atoms with Crippen molar-refractivity contribution >= 4 is 23.2 Å². The normalized spacial score (nSPS) is 16.6. The Morgan fingerprint density at radius 2 is 2.04 bits per heavy atom. The summed E-state index contributed by atoms with van der Waals surface area (Å²) in [6, 6.07) is 3.67. The van der Waals surface area contributed by atoms with Gasteiger partial charge in [-0.2, -0.15) is 0 Å². The number of amides is 1. The maximum absolute atomic E-state index is 13.1. The minimum absolute atomic E-state index is 0.0159. The van der Waals surface area contributed by atoms with Gasteiger partial charge in [0.15, 0.2) is 6.10 Å². The molecule has 1 atom stereocenters. The summed E-state index contributed by atoms with van der Waals surface area (Å²) in [5.41, 5.74) is 2.59. The number of hydrogen-bond acceptors (Lipinski definition) is 5. The lowest BCUT2D eigenvalue weighted by Crippen LogP contribution is -2.46. The Morgan fingerprint density at radius 1 is 1.21 bits per heavy atom. The van der Waals surface area contributed by atoms with E-state index in [4.69, 9.17) is 4.74 Å².